The average molecular weight is 232 g/mol. The quantitative estimate of drug-likeness (QED) is 0.393. The van der Waals surface area contributed by atoms with Crippen LogP contribution in [0.15, 0.2) is 20.7 Å². The fraction of sp³-hybridized carbons (Fsp3) is 0. The van der Waals surface area contributed by atoms with Gasteiger partial charge in [0.1, 0.15) is 0 Å². The van der Waals surface area contributed by atoms with E-state index in [1.54, 1.807) is 0 Å². The molecular formula is C8H4N6O3. The summed E-state index contributed by atoms with van der Waals surface area (Å²) < 4.78 is 0. The normalized spacial score (nSPS) is 11.1. The summed E-state index contributed by atoms with van der Waals surface area (Å²) in [7, 11) is 0. The number of aromatic amines is 3. The van der Waals surface area contributed by atoms with Gasteiger partial charge in [0.15, 0.2) is 22.3 Å². The van der Waals surface area contributed by atoms with Gasteiger partial charge in [0.25, 0.3) is 11.1 Å². The first-order chi connectivity index (χ1) is 8.15. The van der Waals surface area contributed by atoms with Crippen molar-refractivity contribution >= 4 is 22.3 Å². The summed E-state index contributed by atoms with van der Waals surface area (Å²) in [4.78, 5) is 52.0. The molecule has 9 heteroatoms. The fourth-order valence-electron chi connectivity index (χ4n) is 1.44. The van der Waals surface area contributed by atoms with Crippen LogP contribution in [-0.2, 0) is 0 Å². The van der Waals surface area contributed by atoms with Crippen LogP contribution < -0.4 is 16.8 Å². The molecule has 9 nitrogen and oxygen atoms in total. The standard InChI is InChI=1S/C8H4N6O3/c15-6-2-4(9-1-10-6)11-3-5(12-2)13-8(17)14-7(3)16/h1H,(H,9,10,11,15)(H2,12,13,14,16,17). The highest BCUT2D eigenvalue weighted by molar-refractivity contribution is 5.80. The zero-order valence-electron chi connectivity index (χ0n) is 8.14. The number of H-pyrrole nitrogens is 3. The summed E-state index contributed by atoms with van der Waals surface area (Å²) in [5.41, 5.74) is -2.01. The maximum absolute atomic E-state index is 11.4. The van der Waals surface area contributed by atoms with Gasteiger partial charge in [-0.15, -0.1) is 0 Å². The Labute approximate surface area is 90.6 Å². The molecule has 0 aliphatic carbocycles. The fourth-order valence-corrected chi connectivity index (χ4v) is 1.44. The first-order valence-electron chi connectivity index (χ1n) is 4.53. The van der Waals surface area contributed by atoms with Crippen molar-refractivity contribution in [3.8, 4) is 0 Å². The third-order valence-corrected chi connectivity index (χ3v) is 2.15. The van der Waals surface area contributed by atoms with E-state index < -0.39 is 16.8 Å². The molecule has 0 bridgehead atoms. The van der Waals surface area contributed by atoms with Crippen molar-refractivity contribution in [2.45, 2.75) is 0 Å². The van der Waals surface area contributed by atoms with Crippen molar-refractivity contribution in [2.24, 2.45) is 0 Å². The Hall–Kier alpha value is -2.84. The first kappa shape index (κ1) is 9.39. The molecule has 3 aromatic rings. The number of fused-ring (bicyclic) bond motifs is 2. The molecule has 17 heavy (non-hydrogen) atoms. The second kappa shape index (κ2) is 3.07. The van der Waals surface area contributed by atoms with Gasteiger partial charge in [0, 0.05) is 0 Å². The van der Waals surface area contributed by atoms with Crippen LogP contribution in [0.4, 0.5) is 0 Å². The number of aromatic nitrogens is 6. The largest absolute Gasteiger partial charge is 0.327 e. The molecule has 0 aliphatic rings. The number of hydrogen-bond acceptors (Lipinski definition) is 6. The Morgan fingerprint density at radius 3 is 2.59 bits per heavy atom. The maximum Gasteiger partial charge on any atom is 0.327 e. The second-order valence-electron chi connectivity index (χ2n) is 3.23. The third kappa shape index (κ3) is 1.33. The van der Waals surface area contributed by atoms with Crippen LogP contribution in [0.5, 0.6) is 0 Å². The molecule has 3 rings (SSSR count). The number of nitrogens with zero attached hydrogens (tertiary/aromatic N) is 3. The van der Waals surface area contributed by atoms with Gasteiger partial charge < -0.3 is 4.98 Å². The molecule has 0 saturated heterocycles. The Morgan fingerprint density at radius 1 is 0.941 bits per heavy atom. The van der Waals surface area contributed by atoms with Crippen LogP contribution in [-0.4, -0.2) is 29.9 Å². The van der Waals surface area contributed by atoms with Crippen LogP contribution in [0.1, 0.15) is 0 Å². The predicted octanol–water partition coefficient (Wildman–Crippen LogP) is -1.76. The lowest BCUT2D eigenvalue weighted by atomic mass is 10.4. The average Bonchev–Trinajstić information content (AvgIpc) is 2.28. The Kier molecular flexibility index (Phi) is 1.70. The Balaban J connectivity index is 2.66. The summed E-state index contributed by atoms with van der Waals surface area (Å²) in [5, 5.41) is 0. The van der Waals surface area contributed by atoms with E-state index in [0.717, 1.165) is 6.33 Å². The third-order valence-electron chi connectivity index (χ3n) is 2.15. The minimum Gasteiger partial charge on any atom is -0.311 e. The SMILES string of the molecule is O=c1[nH]c(=O)c2nc3nc[nH]c(=O)c3nc2[nH]1. The lowest BCUT2D eigenvalue weighted by molar-refractivity contribution is 1.04. The number of hydrogen-bond donors (Lipinski definition) is 3. The summed E-state index contributed by atoms with van der Waals surface area (Å²) in [6.45, 7) is 0. The molecule has 0 amide bonds. The molecule has 3 N–H and O–H groups in total. The van der Waals surface area contributed by atoms with Gasteiger partial charge in [0.2, 0.25) is 0 Å². The second-order valence-corrected chi connectivity index (χ2v) is 3.23. The zero-order valence-corrected chi connectivity index (χ0v) is 8.14. The molecule has 0 saturated carbocycles. The van der Waals surface area contributed by atoms with E-state index in [4.69, 9.17) is 0 Å². The van der Waals surface area contributed by atoms with Gasteiger partial charge in [-0.25, -0.2) is 19.7 Å². The van der Waals surface area contributed by atoms with Crippen molar-refractivity contribution in [3.05, 3.63) is 37.5 Å². The van der Waals surface area contributed by atoms with Gasteiger partial charge in [-0.3, -0.25) is 19.6 Å². The zero-order chi connectivity index (χ0) is 12.0. The molecule has 3 heterocycles. The molecule has 0 aliphatic heterocycles. The Bertz CT molecular complexity index is 905. The van der Waals surface area contributed by atoms with Crippen LogP contribution in [0.2, 0.25) is 0 Å². The molecule has 0 unspecified atom stereocenters. The van der Waals surface area contributed by atoms with Gasteiger partial charge in [-0.2, -0.15) is 0 Å². The van der Waals surface area contributed by atoms with Gasteiger partial charge in [0.05, 0.1) is 6.33 Å². The smallest absolute Gasteiger partial charge is 0.311 e. The molecule has 0 fully saturated rings. The number of rotatable bonds is 0. The molecule has 0 radical (unpaired) electrons. The van der Waals surface area contributed by atoms with Crippen molar-refractivity contribution < 1.29 is 0 Å². The van der Waals surface area contributed by atoms with Crippen molar-refractivity contribution in [1.82, 2.24) is 29.9 Å². The summed E-state index contributed by atoms with van der Waals surface area (Å²) in [5.74, 6) is 0. The molecule has 0 aromatic carbocycles. The van der Waals surface area contributed by atoms with Crippen molar-refractivity contribution in [2.75, 3.05) is 0 Å². The predicted molar refractivity (Wildman–Crippen MR) is 56.7 cm³/mol. The lowest BCUT2D eigenvalue weighted by Crippen LogP contribution is -2.24. The summed E-state index contributed by atoms with van der Waals surface area (Å²) in [6.07, 6.45) is 1.16. The van der Waals surface area contributed by atoms with Crippen LogP contribution in [0, 0.1) is 0 Å². The molecule has 0 spiro atoms. The molecular weight excluding hydrogens is 228 g/mol. The monoisotopic (exact) mass is 232 g/mol. The van der Waals surface area contributed by atoms with E-state index in [9.17, 15) is 14.4 Å². The molecule has 84 valence electrons. The topological polar surface area (TPSA) is 137 Å². The summed E-state index contributed by atoms with van der Waals surface area (Å²) in [6, 6.07) is 0. The minimum absolute atomic E-state index is 0.0405. The highest BCUT2D eigenvalue weighted by Gasteiger charge is 2.09. The highest BCUT2D eigenvalue weighted by atomic mass is 16.2. The highest BCUT2D eigenvalue weighted by Crippen LogP contribution is 2.03. The first-order valence-corrected chi connectivity index (χ1v) is 4.53. The lowest BCUT2D eigenvalue weighted by Gasteiger charge is -1.97. The van der Waals surface area contributed by atoms with Gasteiger partial charge in [-0.1, -0.05) is 0 Å². The van der Waals surface area contributed by atoms with Crippen LogP contribution in [0.3, 0.4) is 0 Å². The Morgan fingerprint density at radius 2 is 1.76 bits per heavy atom. The van der Waals surface area contributed by atoms with E-state index in [2.05, 4.69) is 24.9 Å². The summed E-state index contributed by atoms with van der Waals surface area (Å²) >= 11 is 0. The maximum atomic E-state index is 11.4. The van der Waals surface area contributed by atoms with Crippen LogP contribution in [0.25, 0.3) is 22.3 Å². The van der Waals surface area contributed by atoms with E-state index in [-0.39, 0.29) is 22.3 Å². The molecule has 0 atom stereocenters. The van der Waals surface area contributed by atoms with Crippen LogP contribution >= 0.6 is 0 Å². The van der Waals surface area contributed by atoms with Crippen molar-refractivity contribution in [3.63, 3.8) is 0 Å². The van der Waals surface area contributed by atoms with Gasteiger partial charge in [-0.05, 0) is 0 Å². The van der Waals surface area contributed by atoms with E-state index >= 15 is 0 Å². The minimum atomic E-state index is -0.712. The van der Waals surface area contributed by atoms with E-state index in [1.165, 1.54) is 0 Å². The van der Waals surface area contributed by atoms with Crippen molar-refractivity contribution in [1.29, 1.82) is 0 Å². The van der Waals surface area contributed by atoms with E-state index in [0.29, 0.717) is 0 Å². The molecule has 3 aromatic heterocycles. The van der Waals surface area contributed by atoms with Gasteiger partial charge >= 0.3 is 5.69 Å². The van der Waals surface area contributed by atoms with E-state index in [1.807, 2.05) is 4.98 Å². The number of nitrogens with one attached hydrogen (secondary N) is 3.